The van der Waals surface area contributed by atoms with E-state index in [-0.39, 0.29) is 18.0 Å². The zero-order valence-electron chi connectivity index (χ0n) is 21.4. The highest BCUT2D eigenvalue weighted by Gasteiger charge is 2.73. The number of carbonyl (C=O) groups is 1. The molecule has 4 fully saturated rings. The van der Waals surface area contributed by atoms with Crippen molar-refractivity contribution in [3.8, 4) is 6.07 Å². The second kappa shape index (κ2) is 10.1. The van der Waals surface area contributed by atoms with Crippen LogP contribution in [0.2, 0.25) is 0 Å². The Morgan fingerprint density at radius 1 is 1.03 bits per heavy atom. The van der Waals surface area contributed by atoms with Gasteiger partial charge in [0.2, 0.25) is 10.0 Å². The van der Waals surface area contributed by atoms with Crippen molar-refractivity contribution in [2.24, 2.45) is 17.3 Å². The number of hydrogen-bond acceptors (Lipinski definition) is 5. The number of esters is 1. The maximum absolute atomic E-state index is 15.0. The van der Waals surface area contributed by atoms with E-state index >= 15 is 0 Å². The van der Waals surface area contributed by atoms with E-state index in [1.54, 1.807) is 0 Å². The van der Waals surface area contributed by atoms with Crippen LogP contribution in [0.1, 0.15) is 117 Å². The Kier molecular flexibility index (Phi) is 7.70. The second-order valence-corrected chi connectivity index (χ2v) is 14.0. The number of carbonyl (C=O) groups excluding carboxylic acids is 1. The van der Waals surface area contributed by atoms with Gasteiger partial charge in [-0.05, 0) is 62.7 Å². The lowest BCUT2D eigenvalue weighted by Crippen LogP contribution is -2.63. The molecule has 4 aliphatic rings. The lowest BCUT2D eigenvalue weighted by Gasteiger charge is -2.49. The lowest BCUT2D eigenvalue weighted by molar-refractivity contribution is -0.154. The molecule has 4 saturated carbocycles. The van der Waals surface area contributed by atoms with Gasteiger partial charge in [-0.3, -0.25) is 4.79 Å². The molecule has 4 rings (SSSR count). The zero-order valence-corrected chi connectivity index (χ0v) is 22.2. The third-order valence-corrected chi connectivity index (χ3v) is 12.9. The quantitative estimate of drug-likeness (QED) is 0.405. The van der Waals surface area contributed by atoms with Crippen molar-refractivity contribution in [3.63, 3.8) is 0 Å². The Balaban J connectivity index is 1.73. The largest absolute Gasteiger partial charge is 0.460 e. The summed E-state index contributed by atoms with van der Waals surface area (Å²) in [6.45, 7) is 6.12. The third kappa shape index (κ3) is 4.11. The summed E-state index contributed by atoms with van der Waals surface area (Å²) in [5.41, 5.74) is -0.467. The molecule has 0 saturated heterocycles. The molecule has 192 valence electrons. The van der Waals surface area contributed by atoms with Gasteiger partial charge in [-0.15, -0.1) is 0 Å². The lowest BCUT2D eigenvalue weighted by atomic mass is 9.81. The molecule has 1 unspecified atom stereocenters. The van der Waals surface area contributed by atoms with E-state index in [2.05, 4.69) is 19.9 Å². The van der Waals surface area contributed by atoms with Crippen molar-refractivity contribution < 1.29 is 17.9 Å². The fraction of sp³-hybridized carbons (Fsp3) is 0.926. The zero-order chi connectivity index (χ0) is 24.6. The van der Waals surface area contributed by atoms with E-state index in [1.165, 1.54) is 12.8 Å². The number of nitrogens with zero attached hydrogens (tertiary/aromatic N) is 2. The van der Waals surface area contributed by atoms with Crippen molar-refractivity contribution in [1.82, 2.24) is 4.31 Å². The predicted molar refractivity (Wildman–Crippen MR) is 132 cm³/mol. The number of rotatable bonds is 8. The highest BCUT2D eigenvalue weighted by molar-refractivity contribution is 7.90. The van der Waals surface area contributed by atoms with Crippen LogP contribution in [0.15, 0.2) is 0 Å². The minimum absolute atomic E-state index is 0.0648. The number of ether oxygens (including phenoxy) is 1. The van der Waals surface area contributed by atoms with E-state index in [4.69, 9.17) is 4.74 Å². The highest BCUT2D eigenvalue weighted by Crippen LogP contribution is 2.65. The Bertz CT molecular complexity index is 865. The van der Waals surface area contributed by atoms with Gasteiger partial charge in [0, 0.05) is 12.1 Å². The van der Waals surface area contributed by atoms with Crippen molar-refractivity contribution in [2.45, 2.75) is 140 Å². The maximum atomic E-state index is 15.0. The van der Waals surface area contributed by atoms with E-state index < -0.39 is 38.2 Å². The second-order valence-electron chi connectivity index (χ2n) is 11.9. The molecule has 0 aromatic carbocycles. The average Bonchev–Trinajstić information content (AvgIpc) is 3.21. The maximum Gasteiger partial charge on any atom is 0.323 e. The first-order chi connectivity index (χ1) is 16.2. The molecule has 2 bridgehead atoms. The molecule has 4 aliphatic carbocycles. The molecular formula is C27H44N2O4S. The van der Waals surface area contributed by atoms with Gasteiger partial charge in [0.05, 0.1) is 6.07 Å². The molecule has 34 heavy (non-hydrogen) atoms. The van der Waals surface area contributed by atoms with E-state index in [9.17, 15) is 18.5 Å². The summed E-state index contributed by atoms with van der Waals surface area (Å²) in [6, 6.07) is 2.21. The topological polar surface area (TPSA) is 87.5 Å². The first-order valence-corrected chi connectivity index (χ1v) is 15.3. The van der Waals surface area contributed by atoms with Crippen LogP contribution in [-0.4, -0.2) is 41.6 Å². The molecule has 0 aromatic rings. The third-order valence-electron chi connectivity index (χ3n) is 9.88. The SMILES string of the molecule is CCCC(C#N)C(=O)O[C@@H]1C[C@H]2CC[C@]1(S(=O)(=O)N(C1CCCCC1)C1CCCCC1)C2(C)C. The molecule has 0 radical (unpaired) electrons. The molecular weight excluding hydrogens is 448 g/mol. The van der Waals surface area contributed by atoms with Crippen molar-refractivity contribution in [1.29, 1.82) is 5.26 Å². The molecule has 7 heteroatoms. The van der Waals surface area contributed by atoms with Crippen LogP contribution < -0.4 is 0 Å². The van der Waals surface area contributed by atoms with Crippen LogP contribution in [0.3, 0.4) is 0 Å². The molecule has 0 amide bonds. The Morgan fingerprint density at radius 3 is 2.06 bits per heavy atom. The van der Waals surface area contributed by atoms with Gasteiger partial charge in [-0.1, -0.05) is 65.7 Å². The number of fused-ring (bicyclic) bond motifs is 2. The average molecular weight is 493 g/mol. The summed E-state index contributed by atoms with van der Waals surface area (Å²) in [6.07, 6.45) is 12.9. The smallest absolute Gasteiger partial charge is 0.323 e. The molecule has 0 aromatic heterocycles. The molecule has 0 heterocycles. The minimum atomic E-state index is -3.74. The molecule has 0 N–H and O–H groups in total. The Labute approximate surface area is 206 Å². The molecule has 0 spiro atoms. The number of nitriles is 1. The summed E-state index contributed by atoms with van der Waals surface area (Å²) in [5.74, 6) is -1.14. The predicted octanol–water partition coefficient (Wildman–Crippen LogP) is 5.71. The monoisotopic (exact) mass is 492 g/mol. The van der Waals surface area contributed by atoms with Gasteiger partial charge in [0.1, 0.15) is 16.8 Å². The van der Waals surface area contributed by atoms with Gasteiger partial charge >= 0.3 is 5.97 Å². The van der Waals surface area contributed by atoms with Gasteiger partial charge in [-0.2, -0.15) is 9.57 Å². The summed E-state index contributed by atoms with van der Waals surface area (Å²) >= 11 is 0. The number of hydrogen-bond donors (Lipinski definition) is 0. The summed E-state index contributed by atoms with van der Waals surface area (Å²) in [5, 5.41) is 9.51. The fourth-order valence-corrected chi connectivity index (χ4v) is 11.2. The summed E-state index contributed by atoms with van der Waals surface area (Å²) in [4.78, 5) is 13.0. The highest BCUT2D eigenvalue weighted by atomic mass is 32.2. The van der Waals surface area contributed by atoms with Crippen molar-refractivity contribution in [3.05, 3.63) is 0 Å². The fourth-order valence-electron chi connectivity index (χ4n) is 7.92. The van der Waals surface area contributed by atoms with Crippen molar-refractivity contribution >= 4 is 16.0 Å². The van der Waals surface area contributed by atoms with Crippen LogP contribution in [0.25, 0.3) is 0 Å². The standard InChI is InChI=1S/C27H44N2O4S/c1-4-11-20(19-28)25(30)33-24-18-21-16-17-27(24,26(21,2)3)34(31,32)29(22-12-7-5-8-13-22)23-14-9-6-10-15-23/h20-24H,4-18H2,1-3H3/t20?,21-,24-,27-/m1/s1. The molecule has 0 aliphatic heterocycles. The van der Waals surface area contributed by atoms with Gasteiger partial charge in [-0.25, -0.2) is 8.42 Å². The van der Waals surface area contributed by atoms with Crippen LogP contribution in [0.4, 0.5) is 0 Å². The summed E-state index contributed by atoms with van der Waals surface area (Å²) in [7, 11) is -3.74. The minimum Gasteiger partial charge on any atom is -0.460 e. The first kappa shape index (κ1) is 25.9. The molecule has 4 atom stereocenters. The van der Waals surface area contributed by atoms with Crippen LogP contribution >= 0.6 is 0 Å². The van der Waals surface area contributed by atoms with Gasteiger partial charge in [0.25, 0.3) is 0 Å². The normalized spacial score (nSPS) is 33.0. The molecule has 6 nitrogen and oxygen atoms in total. The Morgan fingerprint density at radius 2 is 1.59 bits per heavy atom. The summed E-state index contributed by atoms with van der Waals surface area (Å²) < 4.78 is 36.8. The number of sulfonamides is 1. The van der Waals surface area contributed by atoms with Gasteiger partial charge < -0.3 is 4.74 Å². The van der Waals surface area contributed by atoms with E-state index in [0.717, 1.165) is 57.8 Å². The van der Waals surface area contributed by atoms with E-state index in [1.807, 2.05) is 11.2 Å². The van der Waals surface area contributed by atoms with Crippen LogP contribution in [-0.2, 0) is 19.6 Å². The Hall–Kier alpha value is -1.13. The first-order valence-electron chi connectivity index (χ1n) is 13.8. The van der Waals surface area contributed by atoms with Crippen LogP contribution in [0.5, 0.6) is 0 Å². The van der Waals surface area contributed by atoms with Gasteiger partial charge in [0.15, 0.2) is 0 Å². The van der Waals surface area contributed by atoms with Crippen molar-refractivity contribution in [2.75, 3.05) is 0 Å². The van der Waals surface area contributed by atoms with E-state index in [0.29, 0.717) is 25.7 Å². The van der Waals surface area contributed by atoms with Crippen LogP contribution in [0, 0.1) is 28.6 Å².